The molecule has 0 amide bonds. The van der Waals surface area contributed by atoms with E-state index in [0.29, 0.717) is 5.56 Å². The Labute approximate surface area is 101 Å². The monoisotopic (exact) mass is 254 g/mol. The van der Waals surface area contributed by atoms with Gasteiger partial charge in [-0.15, -0.1) is 0 Å². The number of ketones is 1. The molecule has 1 aromatic carbocycles. The third kappa shape index (κ3) is 3.93. The second kappa shape index (κ2) is 5.92. The lowest BCUT2D eigenvalue weighted by molar-refractivity contribution is 0.101. The maximum absolute atomic E-state index is 11.7. The van der Waals surface area contributed by atoms with E-state index in [-0.39, 0.29) is 5.78 Å². The molecule has 0 bridgehead atoms. The molecule has 4 nitrogen and oxygen atoms in total. The van der Waals surface area contributed by atoms with Crippen molar-refractivity contribution in [1.82, 2.24) is 0 Å². The molecule has 0 saturated carbocycles. The minimum atomic E-state index is -3.13. The first-order valence-electron chi connectivity index (χ1n) is 5.02. The number of carbonyl (C=O) groups excluding carboxylic acids is 1. The molecule has 0 heterocycles. The average molecular weight is 254 g/mol. The molecule has 17 heavy (non-hydrogen) atoms. The number of rotatable bonds is 5. The molecule has 0 fully saturated rings. The molecule has 0 N–H and O–H groups in total. The molecule has 0 aliphatic carbocycles. The molecule has 0 aliphatic rings. The van der Waals surface area contributed by atoms with Crippen LogP contribution >= 0.6 is 7.60 Å². The summed E-state index contributed by atoms with van der Waals surface area (Å²) in [5.41, 5.74) is 1.47. The van der Waals surface area contributed by atoms with E-state index in [0.717, 1.165) is 5.56 Å². The van der Waals surface area contributed by atoms with Crippen LogP contribution in [0.15, 0.2) is 30.1 Å². The first-order valence-corrected chi connectivity index (χ1v) is 6.63. The lowest BCUT2D eigenvalue weighted by Gasteiger charge is -2.07. The summed E-state index contributed by atoms with van der Waals surface area (Å²) >= 11 is 0. The van der Waals surface area contributed by atoms with Gasteiger partial charge in [-0.2, -0.15) is 0 Å². The van der Waals surface area contributed by atoms with Gasteiger partial charge in [0.25, 0.3) is 0 Å². The Hall–Kier alpha value is -1.22. The van der Waals surface area contributed by atoms with E-state index in [1.54, 1.807) is 30.3 Å². The molecule has 0 aromatic heterocycles. The van der Waals surface area contributed by atoms with E-state index in [9.17, 15) is 9.36 Å². The van der Waals surface area contributed by atoms with E-state index in [4.69, 9.17) is 9.05 Å². The van der Waals surface area contributed by atoms with Gasteiger partial charge in [0, 0.05) is 25.6 Å². The van der Waals surface area contributed by atoms with Crippen LogP contribution in [0.2, 0.25) is 0 Å². The highest BCUT2D eigenvalue weighted by Crippen LogP contribution is 2.48. The fourth-order valence-electron chi connectivity index (χ4n) is 1.20. The molecule has 0 atom stereocenters. The Morgan fingerprint density at radius 1 is 1.18 bits per heavy atom. The summed E-state index contributed by atoms with van der Waals surface area (Å²) in [6.07, 6.45) is 1.64. The van der Waals surface area contributed by atoms with Gasteiger partial charge in [0.15, 0.2) is 5.78 Å². The summed E-state index contributed by atoms with van der Waals surface area (Å²) in [6, 6.07) is 6.96. The Morgan fingerprint density at radius 2 is 1.71 bits per heavy atom. The zero-order chi connectivity index (χ0) is 12.9. The van der Waals surface area contributed by atoms with Gasteiger partial charge in [-0.05, 0) is 18.6 Å². The van der Waals surface area contributed by atoms with Gasteiger partial charge in [0.1, 0.15) is 0 Å². The Balaban J connectivity index is 2.86. The minimum Gasteiger partial charge on any atom is -0.309 e. The van der Waals surface area contributed by atoms with Crippen molar-refractivity contribution in [2.45, 2.75) is 6.92 Å². The third-order valence-corrected chi connectivity index (χ3v) is 3.81. The zero-order valence-electron chi connectivity index (χ0n) is 10.0. The van der Waals surface area contributed by atoms with E-state index in [1.807, 2.05) is 0 Å². The fourth-order valence-corrected chi connectivity index (χ4v) is 1.95. The van der Waals surface area contributed by atoms with Crippen LogP contribution in [-0.2, 0) is 13.6 Å². The Morgan fingerprint density at radius 3 is 2.12 bits per heavy atom. The zero-order valence-corrected chi connectivity index (χ0v) is 10.9. The maximum atomic E-state index is 11.7. The predicted octanol–water partition coefficient (Wildman–Crippen LogP) is 3.35. The molecule has 5 heteroatoms. The van der Waals surface area contributed by atoms with Crippen LogP contribution in [0.25, 0.3) is 6.08 Å². The quantitative estimate of drug-likeness (QED) is 0.597. The van der Waals surface area contributed by atoms with Gasteiger partial charge >= 0.3 is 7.60 Å². The Kier molecular flexibility index (Phi) is 4.82. The number of carbonyl (C=O) groups is 1. The third-order valence-electron chi connectivity index (χ3n) is 2.28. The van der Waals surface area contributed by atoms with Crippen LogP contribution in [0.3, 0.4) is 0 Å². The fraction of sp³-hybridized carbons (Fsp3) is 0.250. The second-order valence-electron chi connectivity index (χ2n) is 3.40. The summed E-state index contributed by atoms with van der Waals surface area (Å²) in [5.74, 6) is 1.40. The van der Waals surface area contributed by atoms with E-state index < -0.39 is 7.60 Å². The van der Waals surface area contributed by atoms with Crippen LogP contribution in [0, 0.1) is 0 Å². The molecular formula is C12H15O4P. The highest BCUT2D eigenvalue weighted by molar-refractivity contribution is 7.57. The molecule has 0 spiro atoms. The summed E-state index contributed by atoms with van der Waals surface area (Å²) < 4.78 is 21.2. The van der Waals surface area contributed by atoms with Crippen molar-refractivity contribution in [3.8, 4) is 0 Å². The van der Waals surface area contributed by atoms with Crippen molar-refractivity contribution in [3.05, 3.63) is 41.2 Å². The first kappa shape index (κ1) is 13.8. The lowest BCUT2D eigenvalue weighted by Crippen LogP contribution is -1.90. The van der Waals surface area contributed by atoms with Gasteiger partial charge in [0.05, 0.1) is 0 Å². The minimum absolute atomic E-state index is 0.0139. The van der Waals surface area contributed by atoms with Gasteiger partial charge in [-0.3, -0.25) is 9.36 Å². The molecule has 1 rings (SSSR count). The van der Waals surface area contributed by atoms with Crippen LogP contribution in [0.1, 0.15) is 22.8 Å². The topological polar surface area (TPSA) is 52.6 Å². The molecule has 0 radical (unpaired) electrons. The van der Waals surface area contributed by atoms with E-state index in [2.05, 4.69) is 0 Å². The molecule has 1 aromatic rings. The number of hydrogen-bond acceptors (Lipinski definition) is 4. The van der Waals surface area contributed by atoms with Crippen molar-refractivity contribution < 1.29 is 18.4 Å². The van der Waals surface area contributed by atoms with Crippen molar-refractivity contribution in [3.63, 3.8) is 0 Å². The van der Waals surface area contributed by atoms with Crippen LogP contribution in [-0.4, -0.2) is 20.0 Å². The Bertz CT molecular complexity index is 454. The standard InChI is InChI=1S/C12H15O4P/c1-10(13)12-6-4-11(5-7-12)8-9-17(14,15-2)16-3/h4-9H,1-3H3/b9-8+. The van der Waals surface area contributed by atoms with Gasteiger partial charge in [-0.1, -0.05) is 24.3 Å². The normalized spacial score (nSPS) is 11.9. The average Bonchev–Trinajstić information content (AvgIpc) is 2.36. The highest BCUT2D eigenvalue weighted by Gasteiger charge is 2.15. The van der Waals surface area contributed by atoms with Crippen molar-refractivity contribution in [2.24, 2.45) is 0 Å². The molecule has 0 unspecified atom stereocenters. The summed E-state index contributed by atoms with van der Waals surface area (Å²) in [5, 5.41) is 0. The maximum Gasteiger partial charge on any atom is 0.353 e. The molecular weight excluding hydrogens is 239 g/mol. The van der Waals surface area contributed by atoms with Gasteiger partial charge in [0.2, 0.25) is 0 Å². The molecule has 0 aliphatic heterocycles. The number of Topliss-reactive ketones (excluding diaryl/α,β-unsaturated/α-hetero) is 1. The van der Waals surface area contributed by atoms with E-state index >= 15 is 0 Å². The SMILES string of the molecule is COP(=O)(/C=C/c1ccc(C(C)=O)cc1)OC. The lowest BCUT2D eigenvalue weighted by atomic mass is 10.1. The molecule has 92 valence electrons. The smallest absolute Gasteiger partial charge is 0.309 e. The number of benzene rings is 1. The van der Waals surface area contributed by atoms with Crippen molar-refractivity contribution >= 4 is 19.5 Å². The van der Waals surface area contributed by atoms with E-state index in [1.165, 1.54) is 27.0 Å². The highest BCUT2D eigenvalue weighted by atomic mass is 31.2. The summed E-state index contributed by atoms with van der Waals surface area (Å²) in [6.45, 7) is 1.51. The van der Waals surface area contributed by atoms with Crippen LogP contribution < -0.4 is 0 Å². The number of hydrogen-bond donors (Lipinski definition) is 0. The van der Waals surface area contributed by atoms with Crippen LogP contribution in [0.4, 0.5) is 0 Å². The second-order valence-corrected chi connectivity index (χ2v) is 5.51. The summed E-state index contributed by atoms with van der Waals surface area (Å²) in [4.78, 5) is 11.1. The molecule has 0 saturated heterocycles. The first-order chi connectivity index (χ1) is 8.00. The predicted molar refractivity (Wildman–Crippen MR) is 67.1 cm³/mol. The van der Waals surface area contributed by atoms with Crippen molar-refractivity contribution in [2.75, 3.05) is 14.2 Å². The summed E-state index contributed by atoms with van der Waals surface area (Å²) in [7, 11) is -0.471. The van der Waals surface area contributed by atoms with Gasteiger partial charge in [-0.25, -0.2) is 0 Å². The van der Waals surface area contributed by atoms with Gasteiger partial charge < -0.3 is 9.05 Å². The van der Waals surface area contributed by atoms with Crippen molar-refractivity contribution in [1.29, 1.82) is 0 Å². The largest absolute Gasteiger partial charge is 0.353 e. The van der Waals surface area contributed by atoms with Crippen LogP contribution in [0.5, 0.6) is 0 Å².